The summed E-state index contributed by atoms with van der Waals surface area (Å²) in [5.74, 6) is 0. The monoisotopic (exact) mass is 342 g/mol. The van der Waals surface area contributed by atoms with Gasteiger partial charge < -0.3 is 4.42 Å². The highest BCUT2D eigenvalue weighted by Crippen LogP contribution is 2.32. The van der Waals surface area contributed by atoms with Gasteiger partial charge in [0.15, 0.2) is 0 Å². The highest BCUT2D eigenvalue weighted by Gasteiger charge is 2.14. The van der Waals surface area contributed by atoms with Crippen LogP contribution in [0.2, 0.25) is 0 Å². The van der Waals surface area contributed by atoms with E-state index in [4.69, 9.17) is 4.42 Å². The summed E-state index contributed by atoms with van der Waals surface area (Å²) >= 11 is 0. The molecule has 3 aromatic carbocycles. The molecule has 6 heteroatoms. The van der Waals surface area contributed by atoms with E-state index in [9.17, 15) is 20.2 Å². The summed E-state index contributed by atoms with van der Waals surface area (Å²) < 4.78 is 5.32. The highest BCUT2D eigenvalue weighted by atomic mass is 16.6. The Morgan fingerprint density at radius 3 is 2.38 bits per heavy atom. The van der Waals surface area contributed by atoms with E-state index in [1.807, 2.05) is 12.1 Å². The number of nitro benzene ring substituents is 1. The Bertz CT molecular complexity index is 1280. The lowest BCUT2D eigenvalue weighted by Gasteiger charge is -2.08. The number of nitrogens with zero attached hydrogens (tertiary/aromatic N) is 2. The van der Waals surface area contributed by atoms with Crippen LogP contribution in [0.3, 0.4) is 0 Å². The Hall–Kier alpha value is -3.98. The van der Waals surface area contributed by atoms with Crippen molar-refractivity contribution in [2.24, 2.45) is 0 Å². The van der Waals surface area contributed by atoms with Gasteiger partial charge >= 0.3 is 5.63 Å². The van der Waals surface area contributed by atoms with Crippen LogP contribution in [0.5, 0.6) is 0 Å². The van der Waals surface area contributed by atoms with E-state index in [1.54, 1.807) is 30.3 Å². The number of nitro groups is 1. The molecule has 0 spiro atoms. The Morgan fingerprint density at radius 1 is 0.962 bits per heavy atom. The quantitative estimate of drug-likeness (QED) is 0.233. The Balaban J connectivity index is 2.06. The fourth-order valence-electron chi connectivity index (χ4n) is 3.02. The average molecular weight is 342 g/mol. The molecule has 0 radical (unpaired) electrons. The third-order valence-corrected chi connectivity index (χ3v) is 4.27. The molecule has 1 heterocycles. The van der Waals surface area contributed by atoms with Crippen molar-refractivity contribution < 1.29 is 9.34 Å². The minimum Gasteiger partial charge on any atom is -0.422 e. The molecule has 124 valence electrons. The molecule has 0 saturated heterocycles. The van der Waals surface area contributed by atoms with E-state index in [1.165, 1.54) is 18.2 Å². The summed E-state index contributed by atoms with van der Waals surface area (Å²) in [6.45, 7) is 0. The van der Waals surface area contributed by atoms with Gasteiger partial charge in [0.2, 0.25) is 0 Å². The molecule has 0 aliphatic rings. The number of hydrogen-bond acceptors (Lipinski definition) is 5. The number of nitriles is 1. The van der Waals surface area contributed by atoms with Crippen molar-refractivity contribution in [3.05, 3.63) is 86.8 Å². The number of rotatable bonds is 2. The van der Waals surface area contributed by atoms with E-state index in [2.05, 4.69) is 6.07 Å². The third kappa shape index (κ3) is 2.39. The van der Waals surface area contributed by atoms with Crippen molar-refractivity contribution in [1.29, 1.82) is 5.26 Å². The highest BCUT2D eigenvalue weighted by molar-refractivity contribution is 6.06. The Morgan fingerprint density at radius 2 is 1.69 bits per heavy atom. The van der Waals surface area contributed by atoms with Crippen LogP contribution in [0.1, 0.15) is 5.56 Å². The molecule has 0 atom stereocenters. The fourth-order valence-corrected chi connectivity index (χ4v) is 3.02. The topological polar surface area (TPSA) is 97.1 Å². The van der Waals surface area contributed by atoms with Gasteiger partial charge in [-0.15, -0.1) is 0 Å². The second kappa shape index (κ2) is 5.83. The van der Waals surface area contributed by atoms with Crippen LogP contribution in [0.4, 0.5) is 5.69 Å². The smallest absolute Gasteiger partial charge is 0.344 e. The molecular weight excluding hydrogens is 332 g/mol. The Labute approximate surface area is 146 Å². The fraction of sp³-hybridized carbons (Fsp3) is 0. The molecule has 0 amide bonds. The van der Waals surface area contributed by atoms with Gasteiger partial charge in [0.1, 0.15) is 5.58 Å². The van der Waals surface area contributed by atoms with Gasteiger partial charge in [-0.05, 0) is 35.9 Å². The summed E-state index contributed by atoms with van der Waals surface area (Å²) in [7, 11) is 0. The molecule has 1 aromatic heterocycles. The van der Waals surface area contributed by atoms with E-state index < -0.39 is 10.5 Å². The van der Waals surface area contributed by atoms with Gasteiger partial charge in [-0.25, -0.2) is 4.79 Å². The minimum absolute atomic E-state index is 0.0286. The van der Waals surface area contributed by atoms with Gasteiger partial charge in [-0.1, -0.05) is 18.2 Å². The van der Waals surface area contributed by atoms with Gasteiger partial charge in [0.25, 0.3) is 5.69 Å². The second-order valence-corrected chi connectivity index (χ2v) is 5.74. The van der Waals surface area contributed by atoms with Crippen molar-refractivity contribution in [2.45, 2.75) is 0 Å². The van der Waals surface area contributed by atoms with Gasteiger partial charge in [0, 0.05) is 28.5 Å². The molecule has 26 heavy (non-hydrogen) atoms. The predicted octanol–water partition coefficient (Wildman–Crippen LogP) is 4.39. The van der Waals surface area contributed by atoms with E-state index >= 15 is 0 Å². The van der Waals surface area contributed by atoms with Crippen LogP contribution in [0.15, 0.2) is 69.9 Å². The maximum absolute atomic E-state index is 12.3. The summed E-state index contributed by atoms with van der Waals surface area (Å²) in [5, 5.41) is 22.1. The molecule has 0 aliphatic carbocycles. The predicted molar refractivity (Wildman–Crippen MR) is 96.8 cm³/mol. The molecule has 6 nitrogen and oxygen atoms in total. The van der Waals surface area contributed by atoms with Crippen molar-refractivity contribution in [2.75, 3.05) is 0 Å². The first-order chi connectivity index (χ1) is 12.6. The first-order valence-electron chi connectivity index (χ1n) is 7.73. The molecular formula is C20H10N2O4. The van der Waals surface area contributed by atoms with E-state index in [-0.39, 0.29) is 5.69 Å². The van der Waals surface area contributed by atoms with E-state index in [0.29, 0.717) is 33.0 Å². The Kier molecular flexibility index (Phi) is 3.48. The molecule has 4 aromatic rings. The zero-order valence-electron chi connectivity index (χ0n) is 13.3. The lowest BCUT2D eigenvalue weighted by molar-refractivity contribution is -0.384. The van der Waals surface area contributed by atoms with Crippen LogP contribution in [-0.4, -0.2) is 4.92 Å². The number of benzene rings is 3. The number of para-hydroxylation sites is 1. The first-order valence-corrected chi connectivity index (χ1v) is 7.73. The lowest BCUT2D eigenvalue weighted by Crippen LogP contribution is -2.01. The maximum Gasteiger partial charge on any atom is 0.344 e. The van der Waals surface area contributed by atoms with Crippen LogP contribution in [0.25, 0.3) is 32.9 Å². The molecule has 4 rings (SSSR count). The molecule has 0 bridgehead atoms. The van der Waals surface area contributed by atoms with E-state index in [0.717, 1.165) is 5.39 Å². The third-order valence-electron chi connectivity index (χ3n) is 4.27. The van der Waals surface area contributed by atoms with Crippen LogP contribution < -0.4 is 5.63 Å². The zero-order valence-corrected chi connectivity index (χ0v) is 13.3. The molecule has 0 aliphatic heterocycles. The second-order valence-electron chi connectivity index (χ2n) is 5.74. The van der Waals surface area contributed by atoms with Crippen LogP contribution in [-0.2, 0) is 0 Å². The summed E-state index contributed by atoms with van der Waals surface area (Å²) in [4.78, 5) is 22.6. The summed E-state index contributed by atoms with van der Waals surface area (Å²) in [5.41, 5.74) is 1.49. The minimum atomic E-state index is -0.509. The molecule has 0 unspecified atom stereocenters. The SMILES string of the molecule is N#Cc1cc2c(=O)oc3ccccc3c2cc1-c1ccc([N+](=O)[O-])cc1. The number of fused-ring (bicyclic) bond motifs is 3. The summed E-state index contributed by atoms with van der Waals surface area (Å²) in [6.07, 6.45) is 0. The van der Waals surface area contributed by atoms with Crippen LogP contribution >= 0.6 is 0 Å². The first kappa shape index (κ1) is 15.5. The molecule has 0 saturated carbocycles. The van der Waals surface area contributed by atoms with Gasteiger partial charge in [-0.3, -0.25) is 10.1 Å². The van der Waals surface area contributed by atoms with Crippen molar-refractivity contribution >= 4 is 27.4 Å². The zero-order chi connectivity index (χ0) is 18.3. The van der Waals surface area contributed by atoms with Gasteiger partial charge in [-0.2, -0.15) is 5.26 Å². The molecule has 0 fully saturated rings. The molecule has 0 N–H and O–H groups in total. The van der Waals surface area contributed by atoms with Crippen molar-refractivity contribution in [3.63, 3.8) is 0 Å². The van der Waals surface area contributed by atoms with Crippen molar-refractivity contribution in [3.8, 4) is 17.2 Å². The van der Waals surface area contributed by atoms with Gasteiger partial charge in [0.05, 0.1) is 21.9 Å². The maximum atomic E-state index is 12.3. The average Bonchev–Trinajstić information content (AvgIpc) is 2.67. The number of non-ortho nitro benzene ring substituents is 1. The standard InChI is InChI=1S/C20H10N2O4/c21-11-13-9-18-17(15-3-1-2-4-19(15)26-20(18)23)10-16(13)12-5-7-14(8-6-12)22(24)25/h1-10H. The largest absolute Gasteiger partial charge is 0.422 e. The van der Waals surface area contributed by atoms with Crippen LogP contribution in [0, 0.1) is 21.4 Å². The normalized spacial score (nSPS) is 10.7. The lowest BCUT2D eigenvalue weighted by atomic mass is 9.95. The summed E-state index contributed by atoms with van der Waals surface area (Å²) in [6, 6.07) is 18.5. The number of hydrogen-bond donors (Lipinski definition) is 0. The van der Waals surface area contributed by atoms with Crippen molar-refractivity contribution in [1.82, 2.24) is 0 Å².